The predicted octanol–water partition coefficient (Wildman–Crippen LogP) is 3.23. The van der Waals surface area contributed by atoms with Crippen LogP contribution in [0.4, 0.5) is 5.69 Å². The normalized spacial score (nSPS) is 11.7. The van der Waals surface area contributed by atoms with Gasteiger partial charge in [0.2, 0.25) is 0 Å². The zero-order valence-corrected chi connectivity index (χ0v) is 15.3. The number of aryl methyl sites for hydroxylation is 1. The van der Waals surface area contributed by atoms with Crippen LogP contribution in [0.25, 0.3) is 10.9 Å². The van der Waals surface area contributed by atoms with E-state index in [1.165, 1.54) is 0 Å². The zero-order chi connectivity index (χ0) is 18.6. The molecule has 136 valence electrons. The number of ether oxygens (including phenoxy) is 1. The number of hydrogen-bond donors (Lipinski definition) is 3. The highest BCUT2D eigenvalue weighted by Crippen LogP contribution is 2.34. The third-order valence-electron chi connectivity index (χ3n) is 4.06. The summed E-state index contributed by atoms with van der Waals surface area (Å²) in [5.41, 5.74) is 7.35. The fourth-order valence-corrected chi connectivity index (χ4v) is 2.76. The van der Waals surface area contributed by atoms with Crippen LogP contribution >= 0.6 is 0 Å². The predicted molar refractivity (Wildman–Crippen MR) is 100 cm³/mol. The second-order valence-electron chi connectivity index (χ2n) is 7.07. The Hall–Kier alpha value is -2.34. The number of carbonyl (C=O) groups is 1. The Labute approximate surface area is 148 Å². The van der Waals surface area contributed by atoms with Gasteiger partial charge in [-0.15, -0.1) is 0 Å². The largest absolute Gasteiger partial charge is 0.492 e. The number of aromatic carboxylic acids is 1. The van der Waals surface area contributed by atoms with E-state index in [2.05, 4.69) is 31.1 Å². The van der Waals surface area contributed by atoms with E-state index >= 15 is 0 Å². The molecule has 2 aromatic rings. The molecule has 0 aliphatic heterocycles. The number of fused-ring (bicyclic) bond motifs is 1. The number of aromatic nitrogens is 1. The van der Waals surface area contributed by atoms with Crippen molar-refractivity contribution in [2.45, 2.75) is 34.1 Å². The SMILES string of the molecule is CCCNCC(C)(C)COc1cccc2nc(C)c(C(=O)O)c(N)c12. The highest BCUT2D eigenvalue weighted by molar-refractivity contribution is 6.06. The smallest absolute Gasteiger partial charge is 0.339 e. The second-order valence-corrected chi connectivity index (χ2v) is 7.07. The number of anilines is 1. The summed E-state index contributed by atoms with van der Waals surface area (Å²) in [6.07, 6.45) is 1.08. The molecule has 0 radical (unpaired) electrons. The highest BCUT2D eigenvalue weighted by atomic mass is 16.5. The summed E-state index contributed by atoms with van der Waals surface area (Å²) in [5, 5.41) is 13.4. The van der Waals surface area contributed by atoms with Crippen LogP contribution in [0.5, 0.6) is 5.75 Å². The topological polar surface area (TPSA) is 97.5 Å². The van der Waals surface area contributed by atoms with E-state index in [1.807, 2.05) is 12.1 Å². The van der Waals surface area contributed by atoms with Gasteiger partial charge >= 0.3 is 5.97 Å². The molecular formula is C19H27N3O3. The molecule has 0 amide bonds. The number of carboxylic acid groups (broad SMARTS) is 1. The molecule has 6 nitrogen and oxygen atoms in total. The molecule has 0 aliphatic rings. The lowest BCUT2D eigenvalue weighted by molar-refractivity contribution is 0.0697. The minimum Gasteiger partial charge on any atom is -0.492 e. The van der Waals surface area contributed by atoms with E-state index in [0.717, 1.165) is 19.5 Å². The molecule has 25 heavy (non-hydrogen) atoms. The molecule has 0 saturated carbocycles. The maximum absolute atomic E-state index is 11.5. The van der Waals surface area contributed by atoms with Gasteiger partial charge in [0.15, 0.2) is 0 Å². The molecule has 0 saturated heterocycles. The molecule has 4 N–H and O–H groups in total. The third kappa shape index (κ3) is 4.39. The molecular weight excluding hydrogens is 318 g/mol. The lowest BCUT2D eigenvalue weighted by Crippen LogP contribution is -2.34. The Kier molecular flexibility index (Phi) is 5.85. The van der Waals surface area contributed by atoms with Crippen LogP contribution in [0.15, 0.2) is 18.2 Å². The van der Waals surface area contributed by atoms with Crippen molar-refractivity contribution in [1.82, 2.24) is 10.3 Å². The van der Waals surface area contributed by atoms with Crippen molar-refractivity contribution in [1.29, 1.82) is 0 Å². The first-order valence-corrected chi connectivity index (χ1v) is 8.52. The standard InChI is InChI=1S/C19H27N3O3/c1-5-9-21-10-19(3,4)11-25-14-8-6-7-13-16(14)17(20)15(18(23)24)12(2)22-13/h6-8,21H,5,9-11H2,1-4H3,(H2,20,22)(H,23,24). The van der Waals surface area contributed by atoms with Gasteiger partial charge < -0.3 is 20.9 Å². The number of benzene rings is 1. The van der Waals surface area contributed by atoms with Crippen LogP contribution in [0.2, 0.25) is 0 Å². The fraction of sp³-hybridized carbons (Fsp3) is 0.474. The van der Waals surface area contributed by atoms with Crippen molar-refractivity contribution in [2.24, 2.45) is 5.41 Å². The van der Waals surface area contributed by atoms with Gasteiger partial charge in [-0.1, -0.05) is 26.8 Å². The second kappa shape index (κ2) is 7.70. The van der Waals surface area contributed by atoms with Crippen LogP contribution in [0.3, 0.4) is 0 Å². The van der Waals surface area contributed by atoms with Gasteiger partial charge in [-0.05, 0) is 32.0 Å². The van der Waals surface area contributed by atoms with Gasteiger partial charge in [0, 0.05) is 12.0 Å². The van der Waals surface area contributed by atoms with Gasteiger partial charge in [-0.2, -0.15) is 0 Å². The molecule has 0 bridgehead atoms. The first-order chi connectivity index (χ1) is 11.8. The van der Waals surface area contributed by atoms with Crippen LogP contribution in [-0.4, -0.2) is 35.8 Å². The lowest BCUT2D eigenvalue weighted by atomic mass is 9.94. The lowest BCUT2D eigenvalue weighted by Gasteiger charge is -2.25. The zero-order valence-electron chi connectivity index (χ0n) is 15.3. The maximum atomic E-state index is 11.5. The summed E-state index contributed by atoms with van der Waals surface area (Å²) in [6.45, 7) is 10.3. The first-order valence-electron chi connectivity index (χ1n) is 8.52. The average Bonchev–Trinajstić information content (AvgIpc) is 2.52. The molecule has 6 heteroatoms. The van der Waals surface area contributed by atoms with Crippen molar-refractivity contribution < 1.29 is 14.6 Å². The molecule has 0 atom stereocenters. The van der Waals surface area contributed by atoms with Gasteiger partial charge in [0.25, 0.3) is 0 Å². The quantitative estimate of drug-likeness (QED) is 0.636. The van der Waals surface area contributed by atoms with E-state index in [4.69, 9.17) is 10.5 Å². The summed E-state index contributed by atoms with van der Waals surface area (Å²) in [4.78, 5) is 15.9. The summed E-state index contributed by atoms with van der Waals surface area (Å²) in [7, 11) is 0. The van der Waals surface area contributed by atoms with Crippen molar-refractivity contribution in [3.8, 4) is 5.75 Å². The Balaban J connectivity index is 2.32. The maximum Gasteiger partial charge on any atom is 0.339 e. The number of nitrogen functional groups attached to an aromatic ring is 1. The summed E-state index contributed by atoms with van der Waals surface area (Å²) >= 11 is 0. The Morgan fingerprint density at radius 3 is 2.76 bits per heavy atom. The monoisotopic (exact) mass is 345 g/mol. The molecule has 1 aromatic carbocycles. The molecule has 0 aliphatic carbocycles. The van der Waals surface area contributed by atoms with Crippen LogP contribution < -0.4 is 15.8 Å². The number of pyridine rings is 1. The molecule has 2 rings (SSSR count). The summed E-state index contributed by atoms with van der Waals surface area (Å²) < 4.78 is 6.02. The third-order valence-corrected chi connectivity index (χ3v) is 4.06. The number of rotatable bonds is 8. The summed E-state index contributed by atoms with van der Waals surface area (Å²) in [5.74, 6) is -0.517. The van der Waals surface area contributed by atoms with Crippen LogP contribution in [0.1, 0.15) is 43.2 Å². The van der Waals surface area contributed by atoms with E-state index < -0.39 is 5.97 Å². The van der Waals surface area contributed by atoms with E-state index in [1.54, 1.807) is 13.0 Å². The minimum atomic E-state index is -1.08. The number of nitrogens with one attached hydrogen (secondary N) is 1. The molecule has 1 aromatic heterocycles. The van der Waals surface area contributed by atoms with Crippen molar-refractivity contribution in [3.63, 3.8) is 0 Å². The van der Waals surface area contributed by atoms with Crippen molar-refractivity contribution in [3.05, 3.63) is 29.5 Å². The minimum absolute atomic E-state index is 0.0347. The molecule has 1 heterocycles. The van der Waals surface area contributed by atoms with Crippen LogP contribution in [0, 0.1) is 12.3 Å². The van der Waals surface area contributed by atoms with E-state index in [0.29, 0.717) is 29.0 Å². The molecule has 0 spiro atoms. The van der Waals surface area contributed by atoms with Gasteiger partial charge in [-0.25, -0.2) is 4.79 Å². The number of carboxylic acids is 1. The van der Waals surface area contributed by atoms with E-state index in [-0.39, 0.29) is 16.7 Å². The molecule has 0 fully saturated rings. The number of nitrogens with two attached hydrogens (primary N) is 1. The van der Waals surface area contributed by atoms with Gasteiger partial charge in [-0.3, -0.25) is 4.98 Å². The summed E-state index contributed by atoms with van der Waals surface area (Å²) in [6, 6.07) is 5.45. The first kappa shape index (κ1) is 19.0. The van der Waals surface area contributed by atoms with E-state index in [9.17, 15) is 9.90 Å². The Bertz CT molecular complexity index is 772. The Morgan fingerprint density at radius 1 is 1.40 bits per heavy atom. The molecule has 0 unspecified atom stereocenters. The van der Waals surface area contributed by atoms with Crippen molar-refractivity contribution in [2.75, 3.05) is 25.4 Å². The number of nitrogens with zero attached hydrogens (tertiary/aromatic N) is 1. The van der Waals surface area contributed by atoms with Crippen LogP contribution in [-0.2, 0) is 0 Å². The average molecular weight is 345 g/mol. The number of hydrogen-bond acceptors (Lipinski definition) is 5. The van der Waals surface area contributed by atoms with Crippen molar-refractivity contribution >= 4 is 22.6 Å². The highest BCUT2D eigenvalue weighted by Gasteiger charge is 2.22. The fourth-order valence-electron chi connectivity index (χ4n) is 2.76. The van der Waals surface area contributed by atoms with Gasteiger partial charge in [0.1, 0.15) is 11.3 Å². The van der Waals surface area contributed by atoms with Gasteiger partial charge in [0.05, 0.1) is 28.9 Å². The Morgan fingerprint density at radius 2 is 2.12 bits per heavy atom.